The summed E-state index contributed by atoms with van der Waals surface area (Å²) in [4.78, 5) is 0. The first-order valence-electron chi connectivity index (χ1n) is 6.74. The molecule has 1 saturated heterocycles. The van der Waals surface area contributed by atoms with Gasteiger partial charge in [-0.2, -0.15) is 0 Å². The molecule has 4 heteroatoms. The zero-order valence-corrected chi connectivity index (χ0v) is 13.9. The van der Waals surface area contributed by atoms with Gasteiger partial charge in [-0.15, -0.1) is 0 Å². The average molecular weight is 327 g/mol. The van der Waals surface area contributed by atoms with Crippen molar-refractivity contribution in [2.75, 3.05) is 27.2 Å². The molecule has 0 aliphatic carbocycles. The largest absolute Gasteiger partial charge is 0.496 e. The van der Waals surface area contributed by atoms with Crippen LogP contribution in [0.1, 0.15) is 28.3 Å². The van der Waals surface area contributed by atoms with Gasteiger partial charge in [0.25, 0.3) is 0 Å². The van der Waals surface area contributed by atoms with Crippen LogP contribution in [0.2, 0.25) is 0 Å². The predicted molar refractivity (Wildman–Crippen MR) is 83.1 cm³/mol. The van der Waals surface area contributed by atoms with Gasteiger partial charge in [-0.3, -0.25) is 0 Å². The smallest absolute Gasteiger partial charge is 0.127 e. The van der Waals surface area contributed by atoms with E-state index in [4.69, 9.17) is 4.74 Å². The summed E-state index contributed by atoms with van der Waals surface area (Å²) in [6, 6.07) is 0.340. The van der Waals surface area contributed by atoms with E-state index in [2.05, 4.69) is 47.3 Å². The normalized spacial score (nSPS) is 17.2. The molecule has 0 bridgehead atoms. The predicted octanol–water partition coefficient (Wildman–Crippen LogP) is 2.86. The number of halogens is 1. The molecule has 1 unspecified atom stereocenters. The summed E-state index contributed by atoms with van der Waals surface area (Å²) in [6.45, 7) is 8.58. The fraction of sp³-hybridized carbons (Fsp3) is 0.600. The summed E-state index contributed by atoms with van der Waals surface area (Å²) < 4.78 is 6.92. The summed E-state index contributed by atoms with van der Waals surface area (Å²) in [5.41, 5.74) is 5.07. The third-order valence-corrected chi connectivity index (χ3v) is 5.51. The second-order valence-electron chi connectivity index (χ2n) is 5.32. The molecule has 1 heterocycles. The quantitative estimate of drug-likeness (QED) is 0.892. The summed E-state index contributed by atoms with van der Waals surface area (Å²) in [7, 11) is 3.80. The van der Waals surface area contributed by atoms with Gasteiger partial charge in [0.15, 0.2) is 0 Å². The molecule has 19 heavy (non-hydrogen) atoms. The van der Waals surface area contributed by atoms with Crippen molar-refractivity contribution >= 4 is 15.9 Å². The van der Waals surface area contributed by atoms with Crippen LogP contribution < -0.4 is 15.4 Å². The van der Waals surface area contributed by atoms with Crippen LogP contribution in [0, 0.1) is 26.7 Å². The van der Waals surface area contributed by atoms with E-state index in [1.54, 1.807) is 7.11 Å². The Morgan fingerprint density at radius 1 is 1.21 bits per heavy atom. The van der Waals surface area contributed by atoms with E-state index in [0.29, 0.717) is 12.0 Å². The molecule has 2 rings (SSSR count). The molecule has 106 valence electrons. The van der Waals surface area contributed by atoms with E-state index < -0.39 is 0 Å². The molecule has 0 spiro atoms. The highest BCUT2D eigenvalue weighted by atomic mass is 79.9. The van der Waals surface area contributed by atoms with E-state index >= 15 is 0 Å². The maximum atomic E-state index is 5.71. The van der Waals surface area contributed by atoms with Crippen LogP contribution in [0.25, 0.3) is 0 Å². The maximum Gasteiger partial charge on any atom is 0.127 e. The number of rotatable bonds is 4. The van der Waals surface area contributed by atoms with Crippen LogP contribution in [0.4, 0.5) is 0 Å². The zero-order chi connectivity index (χ0) is 14.2. The number of methoxy groups -OCH3 is 1. The van der Waals surface area contributed by atoms with Crippen molar-refractivity contribution in [2.45, 2.75) is 26.8 Å². The van der Waals surface area contributed by atoms with Gasteiger partial charge in [0.1, 0.15) is 5.75 Å². The molecule has 1 aliphatic heterocycles. The lowest BCUT2D eigenvalue weighted by atomic mass is 9.84. The Balaban J connectivity index is 2.59. The Bertz CT molecular complexity index is 484. The Hall–Kier alpha value is -0.580. The van der Waals surface area contributed by atoms with E-state index in [-0.39, 0.29) is 0 Å². The molecule has 3 nitrogen and oxygen atoms in total. The molecular formula is C15H23BrN2O. The van der Waals surface area contributed by atoms with Crippen molar-refractivity contribution in [1.82, 2.24) is 10.6 Å². The number of nitrogens with one attached hydrogen (secondary N) is 2. The summed E-state index contributed by atoms with van der Waals surface area (Å²) in [5, 5.41) is 6.82. The summed E-state index contributed by atoms with van der Waals surface area (Å²) in [5.74, 6) is 1.66. The molecule has 1 fully saturated rings. The van der Waals surface area contributed by atoms with Gasteiger partial charge in [-0.1, -0.05) is 15.9 Å². The molecule has 1 aliphatic rings. The van der Waals surface area contributed by atoms with E-state index in [0.717, 1.165) is 18.8 Å². The number of hydrogen-bond acceptors (Lipinski definition) is 3. The van der Waals surface area contributed by atoms with Crippen molar-refractivity contribution in [2.24, 2.45) is 5.92 Å². The Morgan fingerprint density at radius 2 is 1.84 bits per heavy atom. The number of benzene rings is 1. The van der Waals surface area contributed by atoms with Crippen molar-refractivity contribution in [3.8, 4) is 5.75 Å². The lowest BCUT2D eigenvalue weighted by Gasteiger charge is -2.37. The lowest BCUT2D eigenvalue weighted by molar-refractivity contribution is 0.261. The standard InChI is InChI=1S/C15H23BrN2O/c1-8-9(2)15(19-5)12(10(3)13(8)16)14(17-4)11-6-18-7-11/h11,14,17-18H,6-7H2,1-5H3. The van der Waals surface area contributed by atoms with Gasteiger partial charge in [-0.25, -0.2) is 0 Å². The van der Waals surface area contributed by atoms with Crippen molar-refractivity contribution in [3.63, 3.8) is 0 Å². The molecule has 1 aromatic rings. The maximum absolute atomic E-state index is 5.71. The van der Waals surface area contributed by atoms with Crippen molar-refractivity contribution < 1.29 is 4.74 Å². The molecule has 1 atom stereocenters. The van der Waals surface area contributed by atoms with Gasteiger partial charge in [0.2, 0.25) is 0 Å². The first-order chi connectivity index (χ1) is 9.02. The van der Waals surface area contributed by atoms with Crippen molar-refractivity contribution in [1.29, 1.82) is 0 Å². The molecular weight excluding hydrogens is 304 g/mol. The molecule has 1 aromatic carbocycles. The number of ether oxygens (including phenoxy) is 1. The van der Waals surface area contributed by atoms with Gasteiger partial charge in [0.05, 0.1) is 7.11 Å². The zero-order valence-electron chi connectivity index (χ0n) is 12.4. The fourth-order valence-electron chi connectivity index (χ4n) is 2.91. The first-order valence-corrected chi connectivity index (χ1v) is 7.53. The highest BCUT2D eigenvalue weighted by molar-refractivity contribution is 9.10. The first kappa shape index (κ1) is 14.8. The van der Waals surface area contributed by atoms with Gasteiger partial charge >= 0.3 is 0 Å². The van der Waals surface area contributed by atoms with Crippen LogP contribution >= 0.6 is 15.9 Å². The molecule has 0 amide bonds. The third kappa shape index (κ3) is 2.41. The van der Waals surface area contributed by atoms with Crippen LogP contribution in [-0.2, 0) is 0 Å². The van der Waals surface area contributed by atoms with E-state index in [9.17, 15) is 0 Å². The van der Waals surface area contributed by atoms with Crippen LogP contribution in [0.5, 0.6) is 5.75 Å². The van der Waals surface area contributed by atoms with E-state index in [1.165, 1.54) is 26.7 Å². The monoisotopic (exact) mass is 326 g/mol. The average Bonchev–Trinajstić information content (AvgIpc) is 2.35. The number of hydrogen-bond donors (Lipinski definition) is 2. The molecule has 0 radical (unpaired) electrons. The molecule has 0 aromatic heterocycles. The van der Waals surface area contributed by atoms with Crippen LogP contribution in [0.3, 0.4) is 0 Å². The highest BCUT2D eigenvalue weighted by Gasteiger charge is 2.32. The molecule has 2 N–H and O–H groups in total. The minimum Gasteiger partial charge on any atom is -0.496 e. The van der Waals surface area contributed by atoms with Gasteiger partial charge in [-0.05, 0) is 44.5 Å². The fourth-order valence-corrected chi connectivity index (χ4v) is 3.42. The summed E-state index contributed by atoms with van der Waals surface area (Å²) >= 11 is 3.73. The van der Waals surface area contributed by atoms with Crippen LogP contribution in [-0.4, -0.2) is 27.2 Å². The Labute approximate surface area is 124 Å². The van der Waals surface area contributed by atoms with Gasteiger partial charge in [0, 0.05) is 35.1 Å². The minimum atomic E-state index is 0.340. The third-order valence-electron chi connectivity index (χ3n) is 4.32. The topological polar surface area (TPSA) is 33.3 Å². The van der Waals surface area contributed by atoms with Gasteiger partial charge < -0.3 is 15.4 Å². The second-order valence-corrected chi connectivity index (χ2v) is 6.11. The van der Waals surface area contributed by atoms with E-state index in [1.807, 2.05) is 7.05 Å². The summed E-state index contributed by atoms with van der Waals surface area (Å²) in [6.07, 6.45) is 0. The second kappa shape index (κ2) is 5.81. The highest BCUT2D eigenvalue weighted by Crippen LogP contribution is 2.41. The SMILES string of the molecule is CNC(c1c(C)c(Br)c(C)c(C)c1OC)C1CNC1. The van der Waals surface area contributed by atoms with Crippen molar-refractivity contribution in [3.05, 3.63) is 26.7 Å². The minimum absolute atomic E-state index is 0.340. The van der Waals surface area contributed by atoms with Crippen LogP contribution in [0.15, 0.2) is 4.47 Å². The Kier molecular flexibility index (Phi) is 4.54. The Morgan fingerprint density at radius 3 is 2.26 bits per heavy atom. The lowest BCUT2D eigenvalue weighted by Crippen LogP contribution is -2.48. The molecule has 0 saturated carbocycles.